The zero-order valence-electron chi connectivity index (χ0n) is 21.6. The molecule has 2 N–H and O–H groups in total. The number of halogens is 2. The van der Waals surface area contributed by atoms with E-state index in [1.54, 1.807) is 30.3 Å². The van der Waals surface area contributed by atoms with Crippen molar-refractivity contribution in [3.05, 3.63) is 36.2 Å². The molecule has 1 aromatic carbocycles. The lowest BCUT2D eigenvalue weighted by Crippen LogP contribution is -2.39. The molecule has 0 spiro atoms. The maximum absolute atomic E-state index is 14.1. The molecule has 6 rings (SSSR count). The number of morpholine rings is 1. The van der Waals surface area contributed by atoms with E-state index in [9.17, 15) is 18.7 Å². The van der Waals surface area contributed by atoms with Crippen molar-refractivity contribution in [2.24, 2.45) is 5.92 Å². The first kappa shape index (κ1) is 25.9. The van der Waals surface area contributed by atoms with Gasteiger partial charge in [-0.25, -0.2) is 13.8 Å². The number of fused-ring (bicyclic) bond motifs is 1. The fourth-order valence-electron chi connectivity index (χ4n) is 5.24. The second kappa shape index (κ2) is 10.6. The minimum atomic E-state index is -2.80. The Bertz CT molecular complexity index is 1330. The molecule has 10 nitrogen and oxygen atoms in total. The summed E-state index contributed by atoms with van der Waals surface area (Å²) in [6.45, 7) is 2.49. The summed E-state index contributed by atoms with van der Waals surface area (Å²) >= 11 is 0. The Labute approximate surface area is 224 Å². The third-order valence-electron chi connectivity index (χ3n) is 7.73. The summed E-state index contributed by atoms with van der Waals surface area (Å²) in [5.41, 5.74) is 0.254. The third-order valence-corrected chi connectivity index (χ3v) is 7.73. The van der Waals surface area contributed by atoms with Gasteiger partial charge in [0.1, 0.15) is 11.9 Å². The number of imidazole rings is 1. The first-order valence-corrected chi connectivity index (χ1v) is 13.5. The average Bonchev–Trinajstić information content (AvgIpc) is 3.56. The number of nitrogens with one attached hydrogen (secondary N) is 1. The highest BCUT2D eigenvalue weighted by Crippen LogP contribution is 2.35. The first-order valence-electron chi connectivity index (χ1n) is 13.5. The number of nitrogens with zero attached hydrogens (tertiary/aromatic N) is 5. The summed E-state index contributed by atoms with van der Waals surface area (Å²) in [6.07, 6.45) is 1.12. The van der Waals surface area contributed by atoms with Gasteiger partial charge in [0, 0.05) is 31.6 Å². The fourth-order valence-corrected chi connectivity index (χ4v) is 5.24. The highest BCUT2D eigenvalue weighted by atomic mass is 19.3. The van der Waals surface area contributed by atoms with E-state index in [-0.39, 0.29) is 23.7 Å². The Morgan fingerprint density at radius 3 is 2.59 bits per heavy atom. The van der Waals surface area contributed by atoms with Gasteiger partial charge >= 0.3 is 0 Å². The van der Waals surface area contributed by atoms with Gasteiger partial charge in [-0.15, -0.1) is 0 Å². The number of hydrogen-bond donors (Lipinski definition) is 2. The van der Waals surface area contributed by atoms with Crippen LogP contribution in [-0.4, -0.2) is 75.1 Å². The molecule has 3 fully saturated rings. The van der Waals surface area contributed by atoms with Crippen LogP contribution >= 0.6 is 0 Å². The number of alkyl halides is 2. The Kier molecular flexibility index (Phi) is 7.06. The molecule has 1 amide bonds. The lowest BCUT2D eigenvalue weighted by atomic mass is 9.86. The molecule has 2 aromatic heterocycles. The molecular formula is C27H32F2N6O4. The van der Waals surface area contributed by atoms with Crippen LogP contribution in [0.5, 0.6) is 5.88 Å². The van der Waals surface area contributed by atoms with E-state index >= 15 is 0 Å². The number of hydrogen-bond acceptors (Lipinski definition) is 8. The molecule has 2 aliphatic carbocycles. The molecule has 1 saturated heterocycles. The predicted octanol–water partition coefficient (Wildman–Crippen LogP) is 3.17. The van der Waals surface area contributed by atoms with Crippen molar-refractivity contribution in [1.29, 1.82) is 0 Å². The summed E-state index contributed by atoms with van der Waals surface area (Å²) in [4.78, 5) is 28.0. The standard InChI is InChI=1S/C27H32F2N6O4/c28-23(29)24-31-19-3-1-2-4-20(19)35(24)21-15-22(33-26(32-21)34-11-13-38-14-12-34)39-18-7-5-17(6-8-18)25(36)30-16-27(37)9-10-27/h1-4,15,17-18,23,37H,5-14,16H2,(H,30,36). The Morgan fingerprint density at radius 1 is 1.13 bits per heavy atom. The van der Waals surface area contributed by atoms with Crippen LogP contribution < -0.4 is 15.0 Å². The molecule has 0 unspecified atom stereocenters. The van der Waals surface area contributed by atoms with Crippen LogP contribution in [0.1, 0.15) is 50.8 Å². The zero-order chi connectivity index (χ0) is 27.0. The number of carbonyl (C=O) groups excluding carboxylic acids is 1. The number of rotatable bonds is 8. The minimum Gasteiger partial charge on any atom is -0.474 e. The minimum absolute atomic E-state index is 0.0285. The molecule has 12 heteroatoms. The molecule has 0 atom stereocenters. The van der Waals surface area contributed by atoms with Crippen LogP contribution in [0.3, 0.4) is 0 Å². The van der Waals surface area contributed by atoms with Crippen molar-refractivity contribution in [2.45, 2.75) is 56.7 Å². The molecule has 1 aliphatic heterocycles. The highest BCUT2D eigenvalue weighted by Gasteiger charge is 2.41. The van der Waals surface area contributed by atoms with Crippen LogP contribution in [0.2, 0.25) is 0 Å². The van der Waals surface area contributed by atoms with Crippen LogP contribution in [0.25, 0.3) is 16.9 Å². The number of aliphatic hydroxyl groups is 1. The van der Waals surface area contributed by atoms with E-state index in [1.165, 1.54) is 4.57 Å². The highest BCUT2D eigenvalue weighted by molar-refractivity contribution is 5.79. The maximum Gasteiger partial charge on any atom is 0.296 e. The van der Waals surface area contributed by atoms with E-state index in [2.05, 4.69) is 20.3 Å². The SMILES string of the molecule is O=C(NCC1(O)CC1)C1CCC(Oc2cc(-n3c(C(F)F)nc4ccccc43)nc(N3CCOCC3)n2)CC1. The number of ether oxygens (including phenoxy) is 2. The molecule has 3 aliphatic rings. The van der Waals surface area contributed by atoms with Crippen LogP contribution in [0.15, 0.2) is 30.3 Å². The van der Waals surface area contributed by atoms with Gasteiger partial charge in [0.05, 0.1) is 29.8 Å². The molecule has 0 bridgehead atoms. The molecular weight excluding hydrogens is 510 g/mol. The monoisotopic (exact) mass is 542 g/mol. The van der Waals surface area contributed by atoms with E-state index in [4.69, 9.17) is 9.47 Å². The summed E-state index contributed by atoms with van der Waals surface area (Å²) in [5, 5.41) is 12.9. The van der Waals surface area contributed by atoms with E-state index in [0.717, 1.165) is 12.8 Å². The van der Waals surface area contributed by atoms with Gasteiger partial charge in [-0.1, -0.05) is 12.1 Å². The number of para-hydroxylation sites is 2. The lowest BCUT2D eigenvalue weighted by Gasteiger charge is -2.30. The number of anilines is 1. The van der Waals surface area contributed by atoms with Crippen molar-refractivity contribution in [3.8, 4) is 11.7 Å². The number of amides is 1. The van der Waals surface area contributed by atoms with E-state index in [0.29, 0.717) is 81.4 Å². The molecule has 208 valence electrons. The van der Waals surface area contributed by atoms with Gasteiger partial charge in [0.25, 0.3) is 6.43 Å². The van der Waals surface area contributed by atoms with Gasteiger partial charge in [-0.3, -0.25) is 9.36 Å². The second-order valence-corrected chi connectivity index (χ2v) is 10.6. The van der Waals surface area contributed by atoms with Crippen molar-refractivity contribution >= 4 is 22.9 Å². The van der Waals surface area contributed by atoms with Crippen LogP contribution in [0, 0.1) is 5.92 Å². The van der Waals surface area contributed by atoms with Gasteiger partial charge < -0.3 is 24.8 Å². The molecule has 0 radical (unpaired) electrons. The van der Waals surface area contributed by atoms with E-state index < -0.39 is 17.9 Å². The Hall–Kier alpha value is -3.38. The predicted molar refractivity (Wildman–Crippen MR) is 138 cm³/mol. The second-order valence-electron chi connectivity index (χ2n) is 10.6. The molecule has 39 heavy (non-hydrogen) atoms. The van der Waals surface area contributed by atoms with Crippen molar-refractivity contribution in [1.82, 2.24) is 24.8 Å². The van der Waals surface area contributed by atoms with Crippen molar-refractivity contribution in [3.63, 3.8) is 0 Å². The van der Waals surface area contributed by atoms with Gasteiger partial charge in [-0.05, 0) is 50.7 Å². The molecule has 3 aromatic rings. The number of carbonyl (C=O) groups is 1. The fraction of sp³-hybridized carbons (Fsp3) is 0.556. The Morgan fingerprint density at radius 2 is 1.87 bits per heavy atom. The van der Waals surface area contributed by atoms with Gasteiger partial charge in [0.2, 0.25) is 17.7 Å². The molecule has 2 saturated carbocycles. The van der Waals surface area contributed by atoms with Crippen molar-refractivity contribution in [2.75, 3.05) is 37.7 Å². The van der Waals surface area contributed by atoms with Crippen LogP contribution in [-0.2, 0) is 9.53 Å². The van der Waals surface area contributed by atoms with Crippen molar-refractivity contribution < 1.29 is 28.2 Å². The summed E-state index contributed by atoms with van der Waals surface area (Å²) < 4.78 is 41.3. The lowest BCUT2D eigenvalue weighted by molar-refractivity contribution is -0.127. The largest absolute Gasteiger partial charge is 0.474 e. The quantitative estimate of drug-likeness (QED) is 0.446. The third kappa shape index (κ3) is 5.67. The normalized spacial score (nSPS) is 22.7. The number of benzene rings is 1. The topological polar surface area (TPSA) is 115 Å². The first-order chi connectivity index (χ1) is 18.9. The smallest absolute Gasteiger partial charge is 0.296 e. The maximum atomic E-state index is 14.1. The molecule has 3 heterocycles. The van der Waals surface area contributed by atoms with Crippen LogP contribution in [0.4, 0.5) is 14.7 Å². The summed E-state index contributed by atoms with van der Waals surface area (Å²) in [7, 11) is 0. The van der Waals surface area contributed by atoms with Gasteiger partial charge in [0.15, 0.2) is 5.82 Å². The summed E-state index contributed by atoms with van der Waals surface area (Å²) in [5.74, 6) is 0.396. The average molecular weight is 543 g/mol. The Balaban J connectivity index is 1.24. The van der Waals surface area contributed by atoms with Gasteiger partial charge in [-0.2, -0.15) is 9.97 Å². The number of aromatic nitrogens is 4. The zero-order valence-corrected chi connectivity index (χ0v) is 21.6. The van der Waals surface area contributed by atoms with E-state index in [1.807, 2.05) is 4.90 Å². The summed E-state index contributed by atoms with van der Waals surface area (Å²) in [6, 6.07) is 8.54.